The number of benzene rings is 1. The predicted molar refractivity (Wildman–Crippen MR) is 99.9 cm³/mol. The Bertz CT molecular complexity index is 773. The van der Waals surface area contributed by atoms with Gasteiger partial charge in [-0.3, -0.25) is 9.69 Å². The van der Waals surface area contributed by atoms with Gasteiger partial charge in [0, 0.05) is 24.8 Å². The maximum atomic E-state index is 12.8. The molecule has 2 fully saturated rings. The molecular formula is C21H27N3O2. The molecule has 26 heavy (non-hydrogen) atoms. The molecule has 138 valence electrons. The number of carbonyl (C=O) groups excluding carboxylic acids is 1. The molecule has 0 amide bonds. The second kappa shape index (κ2) is 6.88. The van der Waals surface area contributed by atoms with Gasteiger partial charge in [0.05, 0.1) is 23.4 Å². The fraction of sp³-hybridized carbons (Fsp3) is 0.524. The van der Waals surface area contributed by atoms with Gasteiger partial charge in [-0.2, -0.15) is 5.10 Å². The SMILES string of the molecule is CCOC(=O)[C@]1(CC)C[C@@H]2CC[C@H]1N2Cc1ccnn1-c1ccccc1. The van der Waals surface area contributed by atoms with Gasteiger partial charge in [0.2, 0.25) is 0 Å². The van der Waals surface area contributed by atoms with Crippen molar-refractivity contribution < 1.29 is 9.53 Å². The van der Waals surface area contributed by atoms with Crippen LogP contribution in [0.1, 0.15) is 45.2 Å². The molecule has 2 aliphatic heterocycles. The molecule has 0 spiro atoms. The van der Waals surface area contributed by atoms with E-state index in [1.165, 1.54) is 12.1 Å². The van der Waals surface area contributed by atoms with Crippen molar-refractivity contribution in [2.24, 2.45) is 5.41 Å². The Kier molecular flexibility index (Phi) is 4.57. The number of rotatable bonds is 6. The maximum absolute atomic E-state index is 12.8. The van der Waals surface area contributed by atoms with Gasteiger partial charge in [0.1, 0.15) is 0 Å². The predicted octanol–water partition coefficient (Wildman–Crippen LogP) is 3.57. The number of para-hydroxylation sites is 1. The lowest BCUT2D eigenvalue weighted by atomic mass is 9.72. The summed E-state index contributed by atoms with van der Waals surface area (Å²) in [6, 6.07) is 13.0. The quantitative estimate of drug-likeness (QED) is 0.745. The summed E-state index contributed by atoms with van der Waals surface area (Å²) in [5, 5.41) is 4.52. The second-order valence-corrected chi connectivity index (χ2v) is 7.42. The molecule has 0 saturated carbocycles. The Morgan fingerprint density at radius 1 is 1.23 bits per heavy atom. The topological polar surface area (TPSA) is 47.4 Å². The number of aromatic nitrogens is 2. The van der Waals surface area contributed by atoms with E-state index in [2.05, 4.69) is 35.1 Å². The van der Waals surface area contributed by atoms with E-state index in [0.29, 0.717) is 12.6 Å². The van der Waals surface area contributed by atoms with Crippen LogP contribution in [0.3, 0.4) is 0 Å². The molecule has 5 heteroatoms. The van der Waals surface area contributed by atoms with Crippen molar-refractivity contribution in [2.75, 3.05) is 6.61 Å². The van der Waals surface area contributed by atoms with Crippen LogP contribution in [-0.2, 0) is 16.1 Å². The molecule has 2 aromatic rings. The fourth-order valence-corrected chi connectivity index (χ4v) is 5.00. The van der Waals surface area contributed by atoms with Crippen molar-refractivity contribution in [2.45, 2.75) is 58.2 Å². The van der Waals surface area contributed by atoms with E-state index >= 15 is 0 Å². The molecule has 2 saturated heterocycles. The van der Waals surface area contributed by atoms with Gasteiger partial charge >= 0.3 is 5.97 Å². The van der Waals surface area contributed by atoms with Crippen LogP contribution in [0, 0.1) is 5.41 Å². The van der Waals surface area contributed by atoms with Crippen molar-refractivity contribution in [1.82, 2.24) is 14.7 Å². The van der Waals surface area contributed by atoms with Crippen LogP contribution < -0.4 is 0 Å². The zero-order chi connectivity index (χ0) is 18.1. The lowest BCUT2D eigenvalue weighted by Gasteiger charge is -2.34. The van der Waals surface area contributed by atoms with Crippen molar-refractivity contribution in [3.05, 3.63) is 48.3 Å². The number of ether oxygens (including phenoxy) is 1. The smallest absolute Gasteiger partial charge is 0.313 e. The summed E-state index contributed by atoms with van der Waals surface area (Å²) >= 11 is 0. The summed E-state index contributed by atoms with van der Waals surface area (Å²) in [5.41, 5.74) is 1.91. The fourth-order valence-electron chi connectivity index (χ4n) is 5.00. The molecule has 0 aliphatic carbocycles. The molecule has 2 bridgehead atoms. The Morgan fingerprint density at radius 3 is 2.77 bits per heavy atom. The molecule has 0 N–H and O–H groups in total. The summed E-state index contributed by atoms with van der Waals surface area (Å²) in [6.07, 6.45) is 5.88. The monoisotopic (exact) mass is 353 g/mol. The summed E-state index contributed by atoms with van der Waals surface area (Å²) in [7, 11) is 0. The molecular weight excluding hydrogens is 326 g/mol. The standard InChI is InChI=1S/C21H27N3O2/c1-3-21(20(25)26-4-2)14-17-10-11-19(21)23(17)15-18-12-13-22-24(18)16-8-6-5-7-9-16/h5-9,12-13,17,19H,3-4,10-11,14-15H2,1-2H3/t17-,19+,21+/m0/s1. The van der Waals surface area contributed by atoms with Crippen LogP contribution >= 0.6 is 0 Å². The van der Waals surface area contributed by atoms with Crippen LogP contribution in [0.15, 0.2) is 42.6 Å². The van der Waals surface area contributed by atoms with Gasteiger partial charge in [-0.15, -0.1) is 0 Å². The highest BCUT2D eigenvalue weighted by Gasteiger charge is 2.59. The second-order valence-electron chi connectivity index (χ2n) is 7.42. The number of hydrogen-bond donors (Lipinski definition) is 0. The molecule has 5 nitrogen and oxygen atoms in total. The van der Waals surface area contributed by atoms with Gasteiger partial charge in [0.25, 0.3) is 0 Å². The molecule has 3 atom stereocenters. The van der Waals surface area contributed by atoms with E-state index in [1.54, 1.807) is 0 Å². The minimum atomic E-state index is -0.337. The van der Waals surface area contributed by atoms with Crippen molar-refractivity contribution >= 4 is 5.97 Å². The van der Waals surface area contributed by atoms with Gasteiger partial charge in [-0.25, -0.2) is 4.68 Å². The van der Waals surface area contributed by atoms with Gasteiger partial charge < -0.3 is 4.74 Å². The molecule has 3 heterocycles. The van der Waals surface area contributed by atoms with E-state index < -0.39 is 0 Å². The maximum Gasteiger partial charge on any atom is 0.313 e. The number of esters is 1. The minimum absolute atomic E-state index is 0.00346. The Labute approximate surface area is 154 Å². The van der Waals surface area contributed by atoms with Crippen molar-refractivity contribution in [3.63, 3.8) is 0 Å². The summed E-state index contributed by atoms with van der Waals surface area (Å²) in [6.45, 7) is 5.30. The van der Waals surface area contributed by atoms with Gasteiger partial charge in [-0.1, -0.05) is 25.1 Å². The average molecular weight is 353 g/mol. The first-order valence-corrected chi connectivity index (χ1v) is 9.71. The first-order chi connectivity index (χ1) is 12.7. The normalized spacial score (nSPS) is 27.8. The highest BCUT2D eigenvalue weighted by atomic mass is 16.5. The lowest BCUT2D eigenvalue weighted by molar-refractivity contribution is -0.157. The molecule has 1 aromatic carbocycles. The van der Waals surface area contributed by atoms with E-state index in [0.717, 1.165) is 31.5 Å². The number of nitrogens with zero attached hydrogens (tertiary/aromatic N) is 3. The summed E-state index contributed by atoms with van der Waals surface area (Å²) in [4.78, 5) is 15.3. The van der Waals surface area contributed by atoms with Crippen LogP contribution in [0.4, 0.5) is 0 Å². The third-order valence-corrected chi connectivity index (χ3v) is 6.26. The van der Waals surface area contributed by atoms with Crippen LogP contribution in [0.25, 0.3) is 5.69 Å². The molecule has 2 aliphatic rings. The minimum Gasteiger partial charge on any atom is -0.466 e. The highest BCUT2D eigenvalue weighted by Crippen LogP contribution is 2.52. The van der Waals surface area contributed by atoms with E-state index in [4.69, 9.17) is 4.74 Å². The highest BCUT2D eigenvalue weighted by molar-refractivity contribution is 5.78. The number of fused-ring (bicyclic) bond motifs is 2. The third kappa shape index (κ3) is 2.65. The third-order valence-electron chi connectivity index (χ3n) is 6.26. The number of hydrogen-bond acceptors (Lipinski definition) is 4. The summed E-state index contributed by atoms with van der Waals surface area (Å²) in [5.74, 6) is -0.00346. The zero-order valence-electron chi connectivity index (χ0n) is 15.6. The summed E-state index contributed by atoms with van der Waals surface area (Å²) < 4.78 is 7.48. The molecule has 1 aromatic heterocycles. The molecule has 0 radical (unpaired) electrons. The van der Waals surface area contributed by atoms with Crippen LogP contribution in [-0.4, -0.2) is 39.3 Å². The lowest BCUT2D eigenvalue weighted by Crippen LogP contribution is -2.44. The van der Waals surface area contributed by atoms with E-state index in [-0.39, 0.29) is 17.4 Å². The Hall–Kier alpha value is -2.14. The largest absolute Gasteiger partial charge is 0.466 e. The number of carbonyl (C=O) groups is 1. The van der Waals surface area contributed by atoms with Crippen LogP contribution in [0.5, 0.6) is 0 Å². The first-order valence-electron chi connectivity index (χ1n) is 9.71. The van der Waals surface area contributed by atoms with Gasteiger partial charge in [-0.05, 0) is 50.8 Å². The average Bonchev–Trinajstić information content (AvgIpc) is 3.37. The zero-order valence-corrected chi connectivity index (χ0v) is 15.6. The van der Waals surface area contributed by atoms with E-state index in [1.807, 2.05) is 36.0 Å². The molecule has 0 unspecified atom stereocenters. The van der Waals surface area contributed by atoms with E-state index in [9.17, 15) is 4.79 Å². The van der Waals surface area contributed by atoms with Crippen LogP contribution in [0.2, 0.25) is 0 Å². The van der Waals surface area contributed by atoms with Gasteiger partial charge in [0.15, 0.2) is 0 Å². The van der Waals surface area contributed by atoms with Crippen molar-refractivity contribution in [3.8, 4) is 5.69 Å². The Morgan fingerprint density at radius 2 is 2.04 bits per heavy atom. The molecule has 4 rings (SSSR count). The first kappa shape index (κ1) is 17.3. The Balaban J connectivity index is 1.59. The van der Waals surface area contributed by atoms with Crippen molar-refractivity contribution in [1.29, 1.82) is 0 Å².